The van der Waals surface area contributed by atoms with Crippen molar-refractivity contribution in [3.8, 4) is 11.5 Å². The van der Waals surface area contributed by atoms with E-state index in [9.17, 15) is 4.79 Å². The van der Waals surface area contributed by atoms with Gasteiger partial charge < -0.3 is 19.7 Å². The van der Waals surface area contributed by atoms with Gasteiger partial charge in [0.25, 0.3) is 5.91 Å². The van der Waals surface area contributed by atoms with Crippen LogP contribution in [0.2, 0.25) is 0 Å². The van der Waals surface area contributed by atoms with E-state index in [1.807, 2.05) is 12.1 Å². The van der Waals surface area contributed by atoms with Crippen molar-refractivity contribution in [1.82, 2.24) is 10.2 Å². The van der Waals surface area contributed by atoms with Crippen LogP contribution in [0.5, 0.6) is 11.5 Å². The predicted octanol–water partition coefficient (Wildman–Crippen LogP) is 1.70. The van der Waals surface area contributed by atoms with Crippen LogP contribution < -0.4 is 14.8 Å². The fraction of sp³-hybridized carbons (Fsp3) is 0.562. The highest BCUT2D eigenvalue weighted by atomic mass is 35.5. The van der Waals surface area contributed by atoms with Crippen LogP contribution in [-0.4, -0.2) is 49.7 Å². The van der Waals surface area contributed by atoms with E-state index >= 15 is 0 Å². The maximum atomic E-state index is 12.4. The number of halogens is 1. The standard InChI is InChI=1S/C16H20N2O3.ClH/c19-16(17-13-10-18-5-3-11(13)4-6-18)12-1-2-14-15(9-12)21-8-7-20-14;/h1-2,9,11,13H,3-8,10H2,(H,17,19);1H/t13-;/m0./s1. The van der Waals surface area contributed by atoms with Crippen molar-refractivity contribution in [3.63, 3.8) is 0 Å². The molecule has 0 spiro atoms. The molecule has 1 N–H and O–H groups in total. The normalized spacial score (nSPS) is 28.6. The van der Waals surface area contributed by atoms with Crippen molar-refractivity contribution in [2.45, 2.75) is 18.9 Å². The van der Waals surface area contributed by atoms with Gasteiger partial charge in [0, 0.05) is 18.2 Å². The van der Waals surface area contributed by atoms with Crippen molar-refractivity contribution in [1.29, 1.82) is 0 Å². The number of nitrogens with one attached hydrogen (secondary N) is 1. The van der Waals surface area contributed by atoms with E-state index in [2.05, 4.69) is 10.2 Å². The van der Waals surface area contributed by atoms with Crippen molar-refractivity contribution in [3.05, 3.63) is 23.8 Å². The molecule has 0 aliphatic carbocycles. The van der Waals surface area contributed by atoms with E-state index in [1.54, 1.807) is 6.07 Å². The molecule has 0 saturated carbocycles. The minimum Gasteiger partial charge on any atom is -0.486 e. The summed E-state index contributed by atoms with van der Waals surface area (Å²) in [5.74, 6) is 2.02. The highest BCUT2D eigenvalue weighted by molar-refractivity contribution is 5.95. The molecule has 1 amide bonds. The first-order valence-corrected chi connectivity index (χ1v) is 7.72. The fourth-order valence-electron chi connectivity index (χ4n) is 3.56. The highest BCUT2D eigenvalue weighted by Gasteiger charge is 2.35. The number of nitrogens with zero attached hydrogens (tertiary/aromatic N) is 1. The van der Waals surface area contributed by atoms with Crippen LogP contribution in [0.4, 0.5) is 0 Å². The van der Waals surface area contributed by atoms with Crippen LogP contribution in [0.25, 0.3) is 0 Å². The zero-order chi connectivity index (χ0) is 14.2. The Bertz CT molecular complexity index is 558. The summed E-state index contributed by atoms with van der Waals surface area (Å²) >= 11 is 0. The van der Waals surface area contributed by atoms with Gasteiger partial charge in [-0.1, -0.05) is 0 Å². The van der Waals surface area contributed by atoms with Crippen LogP contribution in [0.1, 0.15) is 23.2 Å². The Labute approximate surface area is 136 Å². The van der Waals surface area contributed by atoms with Crippen molar-refractivity contribution < 1.29 is 14.3 Å². The Morgan fingerprint density at radius 1 is 1.14 bits per heavy atom. The lowest BCUT2D eigenvalue weighted by Gasteiger charge is -2.44. The van der Waals surface area contributed by atoms with Crippen molar-refractivity contribution in [2.75, 3.05) is 32.8 Å². The van der Waals surface area contributed by atoms with Crippen LogP contribution >= 0.6 is 12.4 Å². The smallest absolute Gasteiger partial charge is 0.251 e. The number of piperidine rings is 3. The monoisotopic (exact) mass is 324 g/mol. The summed E-state index contributed by atoms with van der Waals surface area (Å²) in [6.45, 7) is 4.46. The Morgan fingerprint density at radius 2 is 1.86 bits per heavy atom. The van der Waals surface area contributed by atoms with Gasteiger partial charge in [-0.05, 0) is 50.0 Å². The zero-order valence-corrected chi connectivity index (χ0v) is 13.2. The third-order valence-corrected chi connectivity index (χ3v) is 4.78. The average Bonchev–Trinajstić information content (AvgIpc) is 2.55. The van der Waals surface area contributed by atoms with Gasteiger partial charge in [0.15, 0.2) is 11.5 Å². The molecule has 0 radical (unpaired) electrons. The lowest BCUT2D eigenvalue weighted by molar-refractivity contribution is 0.0620. The number of benzene rings is 1. The molecule has 5 nitrogen and oxygen atoms in total. The lowest BCUT2D eigenvalue weighted by Crippen LogP contribution is -2.57. The number of hydrogen-bond donors (Lipinski definition) is 1. The molecule has 4 aliphatic rings. The van der Waals surface area contributed by atoms with Crippen LogP contribution in [-0.2, 0) is 0 Å². The molecule has 4 heterocycles. The van der Waals surface area contributed by atoms with Gasteiger partial charge in [-0.2, -0.15) is 0 Å². The minimum atomic E-state index is -0.00859. The van der Waals surface area contributed by atoms with E-state index in [4.69, 9.17) is 9.47 Å². The highest BCUT2D eigenvalue weighted by Crippen LogP contribution is 2.31. The van der Waals surface area contributed by atoms with Gasteiger partial charge in [-0.25, -0.2) is 0 Å². The number of fused-ring (bicyclic) bond motifs is 4. The fourth-order valence-corrected chi connectivity index (χ4v) is 3.56. The summed E-state index contributed by atoms with van der Waals surface area (Å²) in [5, 5.41) is 3.20. The molecule has 4 aliphatic heterocycles. The molecule has 5 rings (SSSR count). The predicted molar refractivity (Wildman–Crippen MR) is 85.1 cm³/mol. The van der Waals surface area contributed by atoms with Gasteiger partial charge in [0.05, 0.1) is 0 Å². The summed E-state index contributed by atoms with van der Waals surface area (Å²) in [5.41, 5.74) is 0.649. The van der Waals surface area contributed by atoms with Crippen LogP contribution in [0.15, 0.2) is 18.2 Å². The van der Waals surface area contributed by atoms with Gasteiger partial charge >= 0.3 is 0 Å². The summed E-state index contributed by atoms with van der Waals surface area (Å²) in [6, 6.07) is 5.70. The maximum Gasteiger partial charge on any atom is 0.251 e. The average molecular weight is 325 g/mol. The van der Waals surface area contributed by atoms with Gasteiger partial charge in [-0.3, -0.25) is 4.79 Å². The molecule has 22 heavy (non-hydrogen) atoms. The van der Waals surface area contributed by atoms with E-state index in [-0.39, 0.29) is 24.4 Å². The molecule has 3 fully saturated rings. The van der Waals surface area contributed by atoms with Gasteiger partial charge in [-0.15, -0.1) is 12.4 Å². The Kier molecular flexibility index (Phi) is 4.45. The number of carbonyl (C=O) groups is 1. The zero-order valence-electron chi connectivity index (χ0n) is 12.4. The molecule has 1 atom stereocenters. The topological polar surface area (TPSA) is 50.8 Å². The summed E-state index contributed by atoms with van der Waals surface area (Å²) < 4.78 is 11.0. The summed E-state index contributed by atoms with van der Waals surface area (Å²) in [7, 11) is 0. The number of amides is 1. The van der Waals surface area contributed by atoms with Gasteiger partial charge in [0.2, 0.25) is 0 Å². The molecular formula is C16H21ClN2O3. The third kappa shape index (κ3) is 2.88. The van der Waals surface area contributed by atoms with Crippen LogP contribution in [0, 0.1) is 5.92 Å². The third-order valence-electron chi connectivity index (χ3n) is 4.78. The molecular weight excluding hydrogens is 304 g/mol. The first-order chi connectivity index (χ1) is 10.3. The molecule has 2 bridgehead atoms. The van der Waals surface area contributed by atoms with Crippen molar-refractivity contribution in [2.24, 2.45) is 5.92 Å². The summed E-state index contributed by atoms with van der Waals surface area (Å²) in [6.07, 6.45) is 2.40. The first kappa shape index (κ1) is 15.4. The second kappa shape index (κ2) is 6.34. The molecule has 1 aromatic rings. The van der Waals surface area contributed by atoms with E-state index in [1.165, 1.54) is 25.9 Å². The molecule has 0 aromatic heterocycles. The Balaban J connectivity index is 0.00000144. The first-order valence-electron chi connectivity index (χ1n) is 7.72. The van der Waals surface area contributed by atoms with Crippen molar-refractivity contribution >= 4 is 18.3 Å². The second-order valence-corrected chi connectivity index (χ2v) is 6.08. The Hall–Kier alpha value is -1.46. The number of rotatable bonds is 2. The Morgan fingerprint density at radius 3 is 2.55 bits per heavy atom. The second-order valence-electron chi connectivity index (χ2n) is 6.08. The molecule has 120 valence electrons. The summed E-state index contributed by atoms with van der Waals surface area (Å²) in [4.78, 5) is 14.9. The quantitative estimate of drug-likeness (QED) is 0.899. The van der Waals surface area contributed by atoms with E-state index in [0.717, 1.165) is 12.3 Å². The largest absolute Gasteiger partial charge is 0.486 e. The SMILES string of the molecule is Cl.O=C(N[C@H]1CN2CCC1CC2)c1ccc2c(c1)OCCO2. The van der Waals surface area contributed by atoms with Gasteiger partial charge in [0.1, 0.15) is 13.2 Å². The number of hydrogen-bond acceptors (Lipinski definition) is 4. The number of carbonyl (C=O) groups excluding carboxylic acids is 1. The van der Waals surface area contributed by atoms with E-state index in [0.29, 0.717) is 30.4 Å². The molecule has 1 aromatic carbocycles. The van der Waals surface area contributed by atoms with Crippen LogP contribution in [0.3, 0.4) is 0 Å². The minimum absolute atomic E-state index is 0. The molecule has 3 saturated heterocycles. The maximum absolute atomic E-state index is 12.4. The molecule has 6 heteroatoms. The van der Waals surface area contributed by atoms with E-state index < -0.39 is 0 Å². The lowest BCUT2D eigenvalue weighted by atomic mass is 9.84. The number of ether oxygens (including phenoxy) is 2. The molecule has 0 unspecified atom stereocenters.